The quantitative estimate of drug-likeness (QED) is 0.130. The van der Waals surface area contributed by atoms with E-state index in [9.17, 15) is 35.1 Å². The number of ketones is 2. The van der Waals surface area contributed by atoms with Crippen LogP contribution < -0.4 is 5.73 Å². The molecule has 0 aromatic heterocycles. The number of phenolic OH excluding ortho intramolecular Hbond substituents is 3. The monoisotopic (exact) mass is 637 g/mol. The van der Waals surface area contributed by atoms with Gasteiger partial charge in [0.1, 0.15) is 22.8 Å². The summed E-state index contributed by atoms with van der Waals surface area (Å²) in [5, 5.41) is 55.8. The fourth-order valence-electron chi connectivity index (χ4n) is 6.22. The number of halogens is 1. The lowest BCUT2D eigenvalue weighted by Gasteiger charge is -2.49. The van der Waals surface area contributed by atoms with Gasteiger partial charge in [0.15, 0.2) is 12.1 Å². The summed E-state index contributed by atoms with van der Waals surface area (Å²) in [4.78, 5) is 27.1. The number of ether oxygens (including phenoxy) is 4. The molecule has 5 rings (SSSR count). The van der Waals surface area contributed by atoms with Crippen LogP contribution in [0.5, 0.6) is 17.2 Å². The van der Waals surface area contributed by atoms with Crippen molar-refractivity contribution in [1.29, 1.82) is 0 Å². The van der Waals surface area contributed by atoms with Gasteiger partial charge < -0.3 is 50.2 Å². The summed E-state index contributed by atoms with van der Waals surface area (Å²) in [6.07, 6.45) is -4.47. The highest BCUT2D eigenvalue weighted by molar-refractivity contribution is 9.09. The average Bonchev–Trinajstić information content (AvgIpc) is 2.93. The Bertz CT molecular complexity index is 1390. The van der Waals surface area contributed by atoms with Crippen LogP contribution in [0.4, 0.5) is 0 Å². The summed E-state index contributed by atoms with van der Waals surface area (Å²) < 4.78 is 23.3. The van der Waals surface area contributed by atoms with Gasteiger partial charge in [0.05, 0.1) is 40.3 Å². The summed E-state index contributed by atoms with van der Waals surface area (Å²) in [6, 6.07) is 3.26. The Morgan fingerprint density at radius 3 is 2.37 bits per heavy atom. The molecule has 1 heterocycles. The Morgan fingerprint density at radius 1 is 1.10 bits per heavy atom. The first-order valence-corrected chi connectivity index (χ1v) is 14.1. The molecule has 0 spiro atoms. The summed E-state index contributed by atoms with van der Waals surface area (Å²) in [5.41, 5.74) is 2.68. The van der Waals surface area contributed by atoms with Crippen molar-refractivity contribution in [1.82, 2.24) is 0 Å². The number of phenols is 3. The molecule has 0 amide bonds. The number of carbonyl (C=O) groups is 2. The normalized spacial score (nSPS) is 29.6. The first-order chi connectivity index (χ1) is 19.3. The second kappa shape index (κ2) is 10.6. The minimum atomic E-state index is -1.91. The zero-order chi connectivity index (χ0) is 30.0. The van der Waals surface area contributed by atoms with E-state index in [2.05, 4.69) is 15.9 Å². The molecule has 2 aromatic carbocycles. The molecule has 222 valence electrons. The number of nitrogens with two attached hydrogens (primary N) is 1. The largest absolute Gasteiger partial charge is 0.507 e. The van der Waals surface area contributed by atoms with Crippen LogP contribution in [0.15, 0.2) is 18.2 Å². The van der Waals surface area contributed by atoms with Crippen LogP contribution in [0.1, 0.15) is 68.8 Å². The van der Waals surface area contributed by atoms with Gasteiger partial charge in [-0.05, 0) is 13.0 Å². The van der Waals surface area contributed by atoms with E-state index < -0.39 is 82.0 Å². The van der Waals surface area contributed by atoms with Gasteiger partial charge in [-0.25, -0.2) is 0 Å². The lowest BCUT2D eigenvalue weighted by Crippen LogP contribution is -2.61. The number of hydrogen-bond acceptors (Lipinski definition) is 12. The maximum absolute atomic E-state index is 13.6. The zero-order valence-corrected chi connectivity index (χ0v) is 24.2. The SMILES string of the molecule is COC(CBr)(OC)[C@]1(O)Cc2c(O)c3c(c(O)c2[C@@H](O[C@@H]2C[C@@H](N)[C@@H](O)[C@H](C)O2)C1)C(=O)c1c(O)cccc1C3=O. The Morgan fingerprint density at radius 2 is 1.76 bits per heavy atom. The van der Waals surface area contributed by atoms with Crippen molar-refractivity contribution in [2.45, 2.75) is 68.2 Å². The minimum Gasteiger partial charge on any atom is -0.507 e. The van der Waals surface area contributed by atoms with Gasteiger partial charge in [0.25, 0.3) is 0 Å². The molecule has 12 nitrogen and oxygen atoms in total. The van der Waals surface area contributed by atoms with Crippen molar-refractivity contribution in [2.24, 2.45) is 5.73 Å². The van der Waals surface area contributed by atoms with Gasteiger partial charge in [-0.15, -0.1) is 0 Å². The van der Waals surface area contributed by atoms with Gasteiger partial charge in [-0.1, -0.05) is 28.1 Å². The van der Waals surface area contributed by atoms with Crippen molar-refractivity contribution in [2.75, 3.05) is 19.5 Å². The molecular formula is C28H32BrNO11. The maximum Gasteiger partial charge on any atom is 0.207 e. The highest BCUT2D eigenvalue weighted by atomic mass is 79.9. The summed E-state index contributed by atoms with van der Waals surface area (Å²) in [6.45, 7) is 1.62. The fourth-order valence-corrected chi connectivity index (χ4v) is 7.20. The number of benzene rings is 2. The number of aliphatic hydroxyl groups excluding tert-OH is 1. The van der Waals surface area contributed by atoms with Crippen molar-refractivity contribution in [3.8, 4) is 17.2 Å². The highest BCUT2D eigenvalue weighted by Gasteiger charge is 2.57. The van der Waals surface area contributed by atoms with Crippen LogP contribution in [0, 0.1) is 0 Å². The van der Waals surface area contributed by atoms with E-state index >= 15 is 0 Å². The molecule has 1 saturated heterocycles. The molecule has 3 aliphatic rings. The van der Waals surface area contributed by atoms with Crippen molar-refractivity contribution in [3.63, 3.8) is 0 Å². The van der Waals surface area contributed by atoms with E-state index in [0.29, 0.717) is 0 Å². The lowest BCUT2D eigenvalue weighted by atomic mass is 9.70. The fraction of sp³-hybridized carbons (Fsp3) is 0.500. The van der Waals surface area contributed by atoms with Gasteiger partial charge in [0, 0.05) is 56.2 Å². The molecule has 0 saturated carbocycles. The molecule has 7 N–H and O–H groups in total. The van der Waals surface area contributed by atoms with Crippen molar-refractivity contribution in [3.05, 3.63) is 51.6 Å². The molecule has 0 radical (unpaired) electrons. The Kier molecular flexibility index (Phi) is 7.71. The van der Waals surface area contributed by atoms with E-state index in [1.54, 1.807) is 6.92 Å². The minimum absolute atomic E-state index is 0.0126. The molecule has 0 unspecified atom stereocenters. The van der Waals surface area contributed by atoms with E-state index in [-0.39, 0.29) is 46.8 Å². The van der Waals surface area contributed by atoms with Gasteiger partial charge in [-0.3, -0.25) is 9.59 Å². The number of aromatic hydroxyl groups is 3. The average molecular weight is 638 g/mol. The van der Waals surface area contributed by atoms with Gasteiger partial charge in [0.2, 0.25) is 11.6 Å². The van der Waals surface area contributed by atoms with E-state index in [4.69, 9.17) is 24.7 Å². The smallest absolute Gasteiger partial charge is 0.207 e. The third-order valence-corrected chi connectivity index (χ3v) is 9.22. The summed E-state index contributed by atoms with van der Waals surface area (Å²) >= 11 is 3.33. The standard InChI is InChI=1S/C28H32BrNO11/c1-11-22(32)14(30)7-17(40-11)41-16-9-27(37,28(10-29,38-2)39-3)8-13-19(16)26(36)21-20(24(13)34)23(33)12-5-4-6-15(31)18(12)25(21)35/h4-6,11,14,16-17,22,31-32,34,36-37H,7-10,30H2,1-3H3/t11-,14+,16-,17+,22-,27-/m0/s1. The maximum atomic E-state index is 13.6. The second-order valence-electron chi connectivity index (χ2n) is 10.7. The zero-order valence-electron chi connectivity index (χ0n) is 22.6. The van der Waals surface area contributed by atoms with E-state index in [1.807, 2.05) is 0 Å². The van der Waals surface area contributed by atoms with Crippen LogP contribution in [-0.4, -0.2) is 92.6 Å². The second-order valence-corrected chi connectivity index (χ2v) is 11.3. The number of carbonyl (C=O) groups excluding carboxylic acids is 2. The number of rotatable bonds is 6. The third-order valence-electron chi connectivity index (χ3n) is 8.48. The summed E-state index contributed by atoms with van der Waals surface area (Å²) in [5.74, 6) is -5.05. The van der Waals surface area contributed by atoms with E-state index in [1.165, 1.54) is 32.4 Å². The van der Waals surface area contributed by atoms with Crippen LogP contribution in [-0.2, 0) is 25.4 Å². The first kappa shape index (κ1) is 29.9. The van der Waals surface area contributed by atoms with Crippen molar-refractivity contribution >= 4 is 27.5 Å². The van der Waals surface area contributed by atoms with Crippen LogP contribution in [0.3, 0.4) is 0 Å². The Labute approximate surface area is 243 Å². The molecule has 2 aromatic rings. The predicted octanol–water partition coefficient (Wildman–Crippen LogP) is 1.52. The number of methoxy groups -OCH3 is 2. The lowest BCUT2D eigenvalue weighted by molar-refractivity contribution is -0.306. The molecule has 13 heteroatoms. The number of alkyl halides is 1. The van der Waals surface area contributed by atoms with Gasteiger partial charge >= 0.3 is 0 Å². The van der Waals surface area contributed by atoms with E-state index in [0.717, 1.165) is 0 Å². The first-order valence-electron chi connectivity index (χ1n) is 13.0. The van der Waals surface area contributed by atoms with Crippen LogP contribution >= 0.6 is 15.9 Å². The number of aliphatic hydroxyl groups is 2. The predicted molar refractivity (Wildman–Crippen MR) is 145 cm³/mol. The van der Waals surface area contributed by atoms with Crippen LogP contribution in [0.2, 0.25) is 0 Å². The molecule has 0 bridgehead atoms. The third kappa shape index (κ3) is 4.38. The number of hydrogen-bond donors (Lipinski definition) is 6. The molecule has 6 atom stereocenters. The Balaban J connectivity index is 1.71. The molecule has 41 heavy (non-hydrogen) atoms. The topological polar surface area (TPSA) is 198 Å². The van der Waals surface area contributed by atoms with Gasteiger partial charge in [-0.2, -0.15) is 0 Å². The summed E-state index contributed by atoms with van der Waals surface area (Å²) in [7, 11) is 2.66. The molecular weight excluding hydrogens is 606 g/mol. The number of fused-ring (bicyclic) bond motifs is 3. The molecule has 1 fully saturated rings. The molecule has 1 aliphatic heterocycles. The molecule has 2 aliphatic carbocycles. The Hall–Kier alpha value is -2.62. The van der Waals surface area contributed by atoms with Crippen molar-refractivity contribution < 1.29 is 54.1 Å². The van der Waals surface area contributed by atoms with Crippen LogP contribution in [0.25, 0.3) is 0 Å². The highest BCUT2D eigenvalue weighted by Crippen LogP contribution is 2.54.